The van der Waals surface area contributed by atoms with Crippen LogP contribution < -0.4 is 5.32 Å². The van der Waals surface area contributed by atoms with E-state index in [0.29, 0.717) is 11.6 Å². The molecule has 0 bridgehead atoms. The minimum absolute atomic E-state index is 0.0451. The Balaban J connectivity index is 1.72. The van der Waals surface area contributed by atoms with Gasteiger partial charge in [-0.2, -0.15) is 0 Å². The number of carbonyl (C=O) groups is 1. The third-order valence-electron chi connectivity index (χ3n) is 5.44. The Hall–Kier alpha value is -2.82. The van der Waals surface area contributed by atoms with E-state index in [1.165, 1.54) is 18.2 Å². The molecule has 174 valence electrons. The molecular formula is C23H24FN3O4S2. The summed E-state index contributed by atoms with van der Waals surface area (Å²) in [7, 11) is -3.98. The van der Waals surface area contributed by atoms with E-state index in [2.05, 4.69) is 15.2 Å². The van der Waals surface area contributed by atoms with E-state index < -0.39 is 21.7 Å². The molecule has 1 fully saturated rings. The summed E-state index contributed by atoms with van der Waals surface area (Å²) in [5.41, 5.74) is 1.05. The fourth-order valence-corrected chi connectivity index (χ4v) is 6.87. The smallest absolute Gasteiger partial charge is 0.404 e. The highest BCUT2D eigenvalue weighted by molar-refractivity contribution is 7.93. The molecule has 1 aromatic heterocycles. The summed E-state index contributed by atoms with van der Waals surface area (Å²) in [4.78, 5) is 17.6. The Morgan fingerprint density at radius 1 is 1.15 bits per heavy atom. The second kappa shape index (κ2) is 9.98. The number of nitrogens with zero attached hydrogens (tertiary/aromatic N) is 2. The number of benzene rings is 2. The molecule has 0 saturated carbocycles. The molecule has 1 aliphatic rings. The standard InChI is InChI=1S/C23H24FN3O4S2/c24-19-9-2-1-8-18(19)21-22(32-20(26-21)10-11-25-23(28)29)33(30,31)17-7-5-6-16(14-17)15-27-12-3-4-13-27/h1-2,5-9,14,25H,3-4,10-13,15H2,(H,28,29). The first-order valence-electron chi connectivity index (χ1n) is 10.6. The van der Waals surface area contributed by atoms with Crippen LogP contribution in [0.4, 0.5) is 9.18 Å². The average molecular weight is 490 g/mol. The number of nitrogens with one attached hydrogen (secondary N) is 1. The van der Waals surface area contributed by atoms with Crippen LogP contribution in [-0.4, -0.2) is 49.1 Å². The largest absolute Gasteiger partial charge is 0.465 e. The van der Waals surface area contributed by atoms with Crippen molar-refractivity contribution >= 4 is 27.3 Å². The van der Waals surface area contributed by atoms with Gasteiger partial charge in [0.1, 0.15) is 11.5 Å². The van der Waals surface area contributed by atoms with Gasteiger partial charge < -0.3 is 10.4 Å². The lowest BCUT2D eigenvalue weighted by atomic mass is 10.1. The van der Waals surface area contributed by atoms with Crippen molar-refractivity contribution in [3.8, 4) is 11.3 Å². The van der Waals surface area contributed by atoms with Crippen LogP contribution in [0.15, 0.2) is 57.6 Å². The summed E-state index contributed by atoms with van der Waals surface area (Å²) in [5, 5.41) is 11.4. The van der Waals surface area contributed by atoms with E-state index in [1.54, 1.807) is 24.3 Å². The molecule has 1 amide bonds. The molecule has 1 saturated heterocycles. The molecule has 3 aromatic rings. The third-order valence-corrected chi connectivity index (χ3v) is 8.82. The fourth-order valence-electron chi connectivity index (χ4n) is 3.85. The lowest BCUT2D eigenvalue weighted by molar-refractivity contribution is 0.194. The Labute approximate surface area is 195 Å². The summed E-state index contributed by atoms with van der Waals surface area (Å²) < 4.78 is 41.8. The Morgan fingerprint density at radius 3 is 2.64 bits per heavy atom. The summed E-state index contributed by atoms with van der Waals surface area (Å²) in [5.74, 6) is -0.572. The number of hydrogen-bond acceptors (Lipinski definition) is 6. The normalized spacial score (nSPS) is 14.5. The van der Waals surface area contributed by atoms with E-state index in [1.807, 2.05) is 6.07 Å². The fraction of sp³-hybridized carbons (Fsp3) is 0.304. The molecule has 0 radical (unpaired) electrons. The minimum Gasteiger partial charge on any atom is -0.465 e. The zero-order chi connectivity index (χ0) is 23.4. The SMILES string of the molecule is O=C(O)NCCc1nc(-c2ccccc2F)c(S(=O)(=O)c2cccc(CN3CCCC3)c2)s1. The minimum atomic E-state index is -3.98. The molecule has 1 aliphatic heterocycles. The van der Waals surface area contributed by atoms with Crippen molar-refractivity contribution < 1.29 is 22.7 Å². The highest BCUT2D eigenvalue weighted by Gasteiger charge is 2.28. The molecule has 0 spiro atoms. The van der Waals surface area contributed by atoms with Gasteiger partial charge in [-0.15, -0.1) is 11.3 Å². The van der Waals surface area contributed by atoms with Crippen LogP contribution in [0.1, 0.15) is 23.4 Å². The summed E-state index contributed by atoms with van der Waals surface area (Å²) in [6.07, 6.45) is 1.31. The number of hydrogen-bond donors (Lipinski definition) is 2. The quantitative estimate of drug-likeness (QED) is 0.492. The van der Waals surface area contributed by atoms with Gasteiger partial charge in [0.15, 0.2) is 4.21 Å². The van der Waals surface area contributed by atoms with Gasteiger partial charge in [-0.05, 0) is 55.8 Å². The molecule has 2 N–H and O–H groups in total. The van der Waals surface area contributed by atoms with Crippen molar-refractivity contribution in [3.63, 3.8) is 0 Å². The van der Waals surface area contributed by atoms with Crippen LogP contribution in [0.3, 0.4) is 0 Å². The Morgan fingerprint density at radius 2 is 1.91 bits per heavy atom. The zero-order valence-electron chi connectivity index (χ0n) is 17.8. The van der Waals surface area contributed by atoms with Crippen molar-refractivity contribution in [3.05, 3.63) is 64.9 Å². The maximum atomic E-state index is 14.6. The highest BCUT2D eigenvalue weighted by atomic mass is 32.2. The number of sulfone groups is 1. The second-order valence-corrected chi connectivity index (χ2v) is 11.1. The molecule has 0 unspecified atom stereocenters. The number of carboxylic acid groups (broad SMARTS) is 1. The maximum Gasteiger partial charge on any atom is 0.404 e. The Kier molecular flexibility index (Phi) is 7.06. The maximum absolute atomic E-state index is 14.6. The van der Waals surface area contributed by atoms with Gasteiger partial charge in [-0.25, -0.2) is 22.6 Å². The number of rotatable bonds is 8. The highest BCUT2D eigenvalue weighted by Crippen LogP contribution is 2.37. The molecule has 4 rings (SSSR count). The van der Waals surface area contributed by atoms with Crippen LogP contribution in [-0.2, 0) is 22.8 Å². The lowest BCUT2D eigenvalue weighted by Gasteiger charge is -2.15. The number of aromatic nitrogens is 1. The van der Waals surface area contributed by atoms with Crippen LogP contribution >= 0.6 is 11.3 Å². The van der Waals surface area contributed by atoms with Gasteiger partial charge in [0.05, 0.1) is 9.90 Å². The van der Waals surface area contributed by atoms with Crippen LogP contribution in [0.25, 0.3) is 11.3 Å². The van der Waals surface area contributed by atoms with Crippen LogP contribution in [0, 0.1) is 5.82 Å². The topological polar surface area (TPSA) is 99.6 Å². The number of thiazole rings is 1. The van der Waals surface area contributed by atoms with Crippen LogP contribution in [0.2, 0.25) is 0 Å². The third kappa shape index (κ3) is 5.40. The molecule has 2 heterocycles. The van der Waals surface area contributed by atoms with Gasteiger partial charge in [-0.3, -0.25) is 4.90 Å². The molecule has 7 nitrogen and oxygen atoms in total. The van der Waals surface area contributed by atoms with Gasteiger partial charge >= 0.3 is 6.09 Å². The first-order valence-corrected chi connectivity index (χ1v) is 12.9. The van der Waals surface area contributed by atoms with E-state index in [4.69, 9.17) is 5.11 Å². The van der Waals surface area contributed by atoms with Crippen molar-refractivity contribution in [1.29, 1.82) is 0 Å². The van der Waals surface area contributed by atoms with Crippen molar-refractivity contribution in [1.82, 2.24) is 15.2 Å². The number of halogens is 1. The monoisotopic (exact) mass is 489 g/mol. The summed E-state index contributed by atoms with van der Waals surface area (Å²) >= 11 is 0.946. The van der Waals surface area contributed by atoms with Gasteiger partial charge in [0, 0.05) is 25.1 Å². The van der Waals surface area contributed by atoms with Crippen LogP contribution in [0.5, 0.6) is 0 Å². The molecule has 0 atom stereocenters. The van der Waals surface area contributed by atoms with Gasteiger partial charge in [0.25, 0.3) is 0 Å². The first-order chi connectivity index (χ1) is 15.8. The summed E-state index contributed by atoms with van der Waals surface area (Å²) in [6.45, 7) is 2.75. The number of likely N-dealkylation sites (tertiary alicyclic amines) is 1. The average Bonchev–Trinajstić information content (AvgIpc) is 3.44. The molecule has 2 aromatic carbocycles. The van der Waals surface area contributed by atoms with Crippen molar-refractivity contribution in [2.24, 2.45) is 0 Å². The van der Waals surface area contributed by atoms with E-state index in [9.17, 15) is 17.6 Å². The van der Waals surface area contributed by atoms with Crippen molar-refractivity contribution in [2.45, 2.75) is 34.9 Å². The lowest BCUT2D eigenvalue weighted by Crippen LogP contribution is -2.23. The van der Waals surface area contributed by atoms with E-state index in [0.717, 1.165) is 42.8 Å². The molecular weight excluding hydrogens is 465 g/mol. The first kappa shape index (κ1) is 23.3. The van der Waals surface area contributed by atoms with Gasteiger partial charge in [0.2, 0.25) is 9.84 Å². The van der Waals surface area contributed by atoms with E-state index in [-0.39, 0.29) is 33.3 Å². The van der Waals surface area contributed by atoms with Crippen molar-refractivity contribution in [2.75, 3.05) is 19.6 Å². The van der Waals surface area contributed by atoms with Gasteiger partial charge in [-0.1, -0.05) is 24.3 Å². The van der Waals surface area contributed by atoms with E-state index >= 15 is 0 Å². The number of amides is 1. The Bertz CT molecular complexity index is 1250. The molecule has 0 aliphatic carbocycles. The second-order valence-electron chi connectivity index (χ2n) is 7.84. The molecule has 10 heteroatoms. The predicted molar refractivity (Wildman–Crippen MR) is 124 cm³/mol. The summed E-state index contributed by atoms with van der Waals surface area (Å²) in [6, 6.07) is 12.7. The molecule has 33 heavy (non-hydrogen) atoms. The predicted octanol–water partition coefficient (Wildman–Crippen LogP) is 4.19. The zero-order valence-corrected chi connectivity index (χ0v) is 19.5.